The van der Waals surface area contributed by atoms with Crippen molar-refractivity contribution in [3.63, 3.8) is 0 Å². The van der Waals surface area contributed by atoms with Crippen molar-refractivity contribution in [3.05, 3.63) is 83.9 Å². The van der Waals surface area contributed by atoms with Crippen molar-refractivity contribution in [1.82, 2.24) is 0 Å². The number of carbonyl (C=O) groups excluding carboxylic acids is 2. The molecule has 0 radical (unpaired) electrons. The molecule has 170 valence electrons. The van der Waals surface area contributed by atoms with Crippen LogP contribution < -0.4 is 15.4 Å². The molecule has 0 fully saturated rings. The number of carboxylic acids is 1. The van der Waals surface area contributed by atoms with E-state index in [0.717, 1.165) is 4.90 Å². The fourth-order valence-electron chi connectivity index (χ4n) is 3.03. The Balaban J connectivity index is 1.66. The standard InChI is InChI=1S/C25H24N2O5S/c1-3-22(24(29)27-18-7-4-6-17(14-18)25(30)31)33-21-9-5-8-19(15-21)26-23(28)16-10-12-20(32-2)13-11-16/h4-15,22H,3H2,1-2H3,(H,26,28)(H,27,29)(H,30,31). The second-order valence-electron chi connectivity index (χ2n) is 7.10. The average molecular weight is 465 g/mol. The first-order chi connectivity index (χ1) is 15.9. The van der Waals surface area contributed by atoms with E-state index in [1.54, 1.807) is 49.6 Å². The van der Waals surface area contributed by atoms with Gasteiger partial charge in [0.2, 0.25) is 5.91 Å². The highest BCUT2D eigenvalue weighted by molar-refractivity contribution is 8.00. The second-order valence-corrected chi connectivity index (χ2v) is 8.38. The van der Waals surface area contributed by atoms with Crippen molar-refractivity contribution < 1.29 is 24.2 Å². The lowest BCUT2D eigenvalue weighted by atomic mass is 10.2. The molecule has 2 amide bonds. The molecular formula is C25H24N2O5S. The molecule has 3 rings (SSSR count). The van der Waals surface area contributed by atoms with Crippen LogP contribution in [0.1, 0.15) is 34.1 Å². The van der Waals surface area contributed by atoms with Crippen LogP contribution in [-0.4, -0.2) is 35.2 Å². The molecule has 1 unspecified atom stereocenters. The van der Waals surface area contributed by atoms with Crippen molar-refractivity contribution >= 4 is 40.9 Å². The number of aromatic carboxylic acids is 1. The van der Waals surface area contributed by atoms with Crippen molar-refractivity contribution in [2.75, 3.05) is 17.7 Å². The van der Waals surface area contributed by atoms with Crippen LogP contribution in [0.2, 0.25) is 0 Å². The van der Waals surface area contributed by atoms with Crippen molar-refractivity contribution in [2.24, 2.45) is 0 Å². The van der Waals surface area contributed by atoms with Gasteiger partial charge in [-0.1, -0.05) is 19.1 Å². The highest BCUT2D eigenvalue weighted by Crippen LogP contribution is 2.29. The number of carbonyl (C=O) groups is 3. The Labute approximate surface area is 196 Å². The van der Waals surface area contributed by atoms with Crippen LogP contribution in [0.4, 0.5) is 11.4 Å². The van der Waals surface area contributed by atoms with E-state index in [1.165, 1.54) is 23.9 Å². The molecule has 33 heavy (non-hydrogen) atoms. The van der Waals surface area contributed by atoms with Crippen molar-refractivity contribution in [3.8, 4) is 5.75 Å². The number of nitrogens with one attached hydrogen (secondary N) is 2. The molecule has 0 saturated heterocycles. The summed E-state index contributed by atoms with van der Waals surface area (Å²) in [6.45, 7) is 1.90. The van der Waals surface area contributed by atoms with Gasteiger partial charge in [-0.3, -0.25) is 9.59 Å². The number of ether oxygens (including phenoxy) is 1. The predicted octanol–water partition coefficient (Wildman–Crippen LogP) is 5.16. The molecule has 3 aromatic carbocycles. The number of carboxylic acid groups (broad SMARTS) is 1. The minimum absolute atomic E-state index is 0.105. The number of hydrogen-bond donors (Lipinski definition) is 3. The Bertz CT molecular complexity index is 1150. The number of methoxy groups -OCH3 is 1. The van der Waals surface area contributed by atoms with Gasteiger partial charge < -0.3 is 20.5 Å². The zero-order valence-corrected chi connectivity index (χ0v) is 19.0. The lowest BCUT2D eigenvalue weighted by Crippen LogP contribution is -2.24. The topological polar surface area (TPSA) is 105 Å². The van der Waals surface area contributed by atoms with Crippen LogP contribution in [0.15, 0.2) is 77.7 Å². The van der Waals surface area contributed by atoms with Gasteiger partial charge in [-0.2, -0.15) is 0 Å². The van der Waals surface area contributed by atoms with Crippen LogP contribution in [0.25, 0.3) is 0 Å². The fourth-order valence-corrected chi connectivity index (χ4v) is 4.05. The molecule has 0 bridgehead atoms. The third kappa shape index (κ3) is 6.60. The maximum atomic E-state index is 12.8. The Morgan fingerprint density at radius 1 is 0.909 bits per heavy atom. The van der Waals surface area contributed by atoms with Crippen LogP contribution in [-0.2, 0) is 4.79 Å². The summed E-state index contributed by atoms with van der Waals surface area (Å²) in [4.78, 5) is 37.3. The van der Waals surface area contributed by atoms with Crippen molar-refractivity contribution in [1.29, 1.82) is 0 Å². The number of amides is 2. The van der Waals surface area contributed by atoms with E-state index in [0.29, 0.717) is 29.1 Å². The minimum Gasteiger partial charge on any atom is -0.497 e. The van der Waals surface area contributed by atoms with Gasteiger partial charge in [0.25, 0.3) is 5.91 Å². The minimum atomic E-state index is -1.05. The maximum absolute atomic E-state index is 12.8. The lowest BCUT2D eigenvalue weighted by molar-refractivity contribution is -0.115. The summed E-state index contributed by atoms with van der Waals surface area (Å²) >= 11 is 1.37. The first-order valence-corrected chi connectivity index (χ1v) is 11.1. The van der Waals surface area contributed by atoms with E-state index < -0.39 is 11.2 Å². The lowest BCUT2D eigenvalue weighted by Gasteiger charge is -2.16. The Morgan fingerprint density at radius 3 is 2.21 bits per heavy atom. The third-order valence-electron chi connectivity index (χ3n) is 4.76. The van der Waals surface area contributed by atoms with Gasteiger partial charge >= 0.3 is 5.97 Å². The van der Waals surface area contributed by atoms with E-state index in [2.05, 4.69) is 10.6 Å². The van der Waals surface area contributed by atoms with E-state index in [1.807, 2.05) is 25.1 Å². The van der Waals surface area contributed by atoms with Crippen LogP contribution in [0.5, 0.6) is 5.75 Å². The summed E-state index contributed by atoms with van der Waals surface area (Å²) < 4.78 is 5.11. The van der Waals surface area contributed by atoms with E-state index >= 15 is 0 Å². The highest BCUT2D eigenvalue weighted by Gasteiger charge is 2.19. The maximum Gasteiger partial charge on any atom is 0.335 e. The zero-order valence-electron chi connectivity index (χ0n) is 18.2. The first kappa shape index (κ1) is 23.9. The molecule has 0 spiro atoms. The average Bonchev–Trinajstić information content (AvgIpc) is 2.82. The normalized spacial score (nSPS) is 11.3. The number of rotatable bonds is 9. The van der Waals surface area contributed by atoms with Gasteiger partial charge in [0.05, 0.1) is 17.9 Å². The Morgan fingerprint density at radius 2 is 1.58 bits per heavy atom. The summed E-state index contributed by atoms with van der Waals surface area (Å²) in [6.07, 6.45) is 0.567. The van der Waals surface area contributed by atoms with Gasteiger partial charge in [0.15, 0.2) is 0 Å². The quantitative estimate of drug-likeness (QED) is 0.378. The largest absolute Gasteiger partial charge is 0.497 e. The monoisotopic (exact) mass is 464 g/mol. The number of hydrogen-bond acceptors (Lipinski definition) is 5. The van der Waals surface area contributed by atoms with Crippen LogP contribution in [0, 0.1) is 0 Å². The summed E-state index contributed by atoms with van der Waals surface area (Å²) in [5.74, 6) is -0.856. The Hall–Kier alpha value is -3.78. The molecular weight excluding hydrogens is 440 g/mol. The van der Waals surface area contributed by atoms with Crippen molar-refractivity contribution in [2.45, 2.75) is 23.5 Å². The molecule has 1 atom stereocenters. The molecule has 3 aromatic rings. The van der Waals surface area contributed by atoms with Crippen LogP contribution >= 0.6 is 11.8 Å². The van der Waals surface area contributed by atoms with Crippen LogP contribution in [0.3, 0.4) is 0 Å². The third-order valence-corrected chi connectivity index (χ3v) is 6.12. The molecule has 0 aliphatic rings. The van der Waals surface area contributed by atoms with Gasteiger partial charge in [0, 0.05) is 21.8 Å². The number of benzene rings is 3. The number of anilines is 2. The molecule has 0 aromatic heterocycles. The van der Waals surface area contributed by atoms with Gasteiger partial charge in [-0.05, 0) is 67.1 Å². The zero-order chi connectivity index (χ0) is 23.8. The smallest absolute Gasteiger partial charge is 0.335 e. The molecule has 0 heterocycles. The SMILES string of the molecule is CCC(Sc1cccc(NC(=O)c2ccc(OC)cc2)c1)C(=O)Nc1cccc(C(=O)O)c1. The highest BCUT2D eigenvalue weighted by atomic mass is 32.2. The Kier molecular flexibility index (Phi) is 8.10. The van der Waals surface area contributed by atoms with E-state index in [4.69, 9.17) is 9.84 Å². The molecule has 0 aliphatic carbocycles. The number of thioether (sulfide) groups is 1. The summed E-state index contributed by atoms with van der Waals surface area (Å²) in [6, 6.07) is 20.2. The van der Waals surface area contributed by atoms with Gasteiger partial charge in [-0.15, -0.1) is 11.8 Å². The summed E-state index contributed by atoms with van der Waals surface area (Å²) in [5.41, 5.74) is 1.65. The molecule has 7 nitrogen and oxygen atoms in total. The molecule has 8 heteroatoms. The second kappa shape index (κ2) is 11.2. The van der Waals surface area contributed by atoms with E-state index in [9.17, 15) is 14.4 Å². The molecule has 3 N–H and O–H groups in total. The summed E-state index contributed by atoms with van der Waals surface area (Å²) in [7, 11) is 1.56. The van der Waals surface area contributed by atoms with E-state index in [-0.39, 0.29) is 17.4 Å². The molecule has 0 saturated carbocycles. The first-order valence-electron chi connectivity index (χ1n) is 10.3. The van der Waals surface area contributed by atoms with Gasteiger partial charge in [0.1, 0.15) is 5.75 Å². The van der Waals surface area contributed by atoms with Gasteiger partial charge in [-0.25, -0.2) is 4.79 Å². The predicted molar refractivity (Wildman–Crippen MR) is 129 cm³/mol. The summed E-state index contributed by atoms with van der Waals surface area (Å²) in [5, 5.41) is 14.4. The molecule has 0 aliphatic heterocycles. The fraction of sp³-hybridized carbons (Fsp3) is 0.160.